The van der Waals surface area contributed by atoms with Crippen molar-refractivity contribution in [2.24, 2.45) is 0 Å². The van der Waals surface area contributed by atoms with Crippen LogP contribution in [0, 0.1) is 0 Å². The van der Waals surface area contributed by atoms with Gasteiger partial charge in [0.15, 0.2) is 0 Å². The lowest BCUT2D eigenvalue weighted by Crippen LogP contribution is -2.32. The Hall–Kier alpha value is -2.04. The van der Waals surface area contributed by atoms with Crippen molar-refractivity contribution >= 4 is 0 Å². The molecule has 4 nitrogen and oxygen atoms in total. The van der Waals surface area contributed by atoms with E-state index in [1.807, 2.05) is 12.1 Å². The summed E-state index contributed by atoms with van der Waals surface area (Å²) in [7, 11) is 0. The van der Waals surface area contributed by atoms with Crippen LogP contribution >= 0.6 is 0 Å². The molecule has 4 heteroatoms. The predicted octanol–water partition coefficient (Wildman–Crippen LogP) is 4.01. The van der Waals surface area contributed by atoms with Gasteiger partial charge in [-0.15, -0.1) is 0 Å². The topological polar surface area (TPSA) is 41.9 Å². The van der Waals surface area contributed by atoms with Crippen LogP contribution in [0.1, 0.15) is 37.3 Å². The fraction of sp³-hybridized carbons (Fsp3) is 0.455. The van der Waals surface area contributed by atoms with Gasteiger partial charge in [-0.3, -0.25) is 4.90 Å². The summed E-state index contributed by atoms with van der Waals surface area (Å²) >= 11 is 0. The van der Waals surface area contributed by atoms with Crippen LogP contribution in [-0.4, -0.2) is 35.9 Å². The van der Waals surface area contributed by atoms with Crippen molar-refractivity contribution < 1.29 is 14.6 Å². The third kappa shape index (κ3) is 5.23. The van der Waals surface area contributed by atoms with Gasteiger partial charge < -0.3 is 14.6 Å². The first-order chi connectivity index (χ1) is 12.8. The van der Waals surface area contributed by atoms with Gasteiger partial charge in [0, 0.05) is 25.2 Å². The van der Waals surface area contributed by atoms with Crippen molar-refractivity contribution in [1.29, 1.82) is 0 Å². The maximum atomic E-state index is 8.85. The fourth-order valence-electron chi connectivity index (χ4n) is 3.37. The highest BCUT2D eigenvalue weighted by Gasteiger charge is 2.22. The Bertz CT molecular complexity index is 671. The normalized spacial score (nSPS) is 17.2. The monoisotopic (exact) mass is 355 g/mol. The average Bonchev–Trinajstić information content (AvgIpc) is 2.84. The summed E-state index contributed by atoms with van der Waals surface area (Å²) in [6.07, 6.45) is 3.72. The SMILES string of the molecule is CCCC[C@@H]1CN(Cc2ccc(OCCO)cc2)Cc2ccccc2O1. The molecule has 2 aromatic rings. The van der Waals surface area contributed by atoms with E-state index in [4.69, 9.17) is 14.6 Å². The molecule has 1 atom stereocenters. The van der Waals surface area contributed by atoms with Gasteiger partial charge in [0.05, 0.1) is 6.61 Å². The largest absolute Gasteiger partial charge is 0.491 e. The zero-order chi connectivity index (χ0) is 18.2. The second-order valence-corrected chi connectivity index (χ2v) is 6.88. The highest BCUT2D eigenvalue weighted by Crippen LogP contribution is 2.27. The van der Waals surface area contributed by atoms with E-state index in [1.165, 1.54) is 24.0 Å². The highest BCUT2D eigenvalue weighted by molar-refractivity contribution is 5.34. The summed E-state index contributed by atoms with van der Waals surface area (Å²) < 4.78 is 11.7. The number of nitrogens with zero attached hydrogens (tertiary/aromatic N) is 1. The Labute approximate surface area is 156 Å². The molecule has 2 aromatic carbocycles. The fourth-order valence-corrected chi connectivity index (χ4v) is 3.37. The van der Waals surface area contributed by atoms with Crippen molar-refractivity contribution in [2.45, 2.75) is 45.4 Å². The molecule has 0 amide bonds. The van der Waals surface area contributed by atoms with E-state index in [0.29, 0.717) is 6.61 Å². The Kier molecular flexibility index (Phi) is 6.92. The lowest BCUT2D eigenvalue weighted by Gasteiger charge is -2.24. The molecule has 0 spiro atoms. The number of aliphatic hydroxyl groups is 1. The molecule has 26 heavy (non-hydrogen) atoms. The third-order valence-electron chi connectivity index (χ3n) is 4.69. The van der Waals surface area contributed by atoms with Crippen LogP contribution in [0.5, 0.6) is 11.5 Å². The summed E-state index contributed by atoms with van der Waals surface area (Å²) in [5.41, 5.74) is 2.52. The first kappa shape index (κ1) is 18.7. The Balaban J connectivity index is 1.69. The highest BCUT2D eigenvalue weighted by atomic mass is 16.5. The van der Waals surface area contributed by atoms with Crippen molar-refractivity contribution in [3.05, 3.63) is 59.7 Å². The molecular formula is C22H29NO3. The molecule has 3 rings (SSSR count). The predicted molar refractivity (Wildman–Crippen MR) is 104 cm³/mol. The molecule has 0 bridgehead atoms. The molecule has 140 valence electrons. The quantitative estimate of drug-likeness (QED) is 0.777. The maximum Gasteiger partial charge on any atom is 0.124 e. The van der Waals surface area contributed by atoms with Gasteiger partial charge in [0.1, 0.15) is 24.2 Å². The van der Waals surface area contributed by atoms with Crippen LogP contribution < -0.4 is 9.47 Å². The van der Waals surface area contributed by atoms with Gasteiger partial charge in [-0.2, -0.15) is 0 Å². The van der Waals surface area contributed by atoms with E-state index in [9.17, 15) is 0 Å². The van der Waals surface area contributed by atoms with Crippen LogP contribution in [-0.2, 0) is 13.1 Å². The van der Waals surface area contributed by atoms with Gasteiger partial charge in [-0.05, 0) is 36.6 Å². The van der Waals surface area contributed by atoms with E-state index in [2.05, 4.69) is 48.2 Å². The zero-order valence-electron chi connectivity index (χ0n) is 15.6. The first-order valence-electron chi connectivity index (χ1n) is 9.58. The molecule has 0 aromatic heterocycles. The molecular weight excluding hydrogens is 326 g/mol. The maximum absolute atomic E-state index is 8.85. The minimum absolute atomic E-state index is 0.0358. The summed E-state index contributed by atoms with van der Waals surface area (Å²) in [5.74, 6) is 1.83. The molecule has 1 aliphatic heterocycles. The van der Waals surface area contributed by atoms with Crippen LogP contribution in [0.4, 0.5) is 0 Å². The van der Waals surface area contributed by atoms with E-state index < -0.39 is 0 Å². The number of hydrogen-bond donors (Lipinski definition) is 1. The zero-order valence-corrected chi connectivity index (χ0v) is 15.6. The number of benzene rings is 2. The molecule has 1 heterocycles. The van der Waals surface area contributed by atoms with Crippen molar-refractivity contribution in [3.63, 3.8) is 0 Å². The van der Waals surface area contributed by atoms with E-state index in [-0.39, 0.29) is 12.7 Å². The second kappa shape index (κ2) is 9.60. The molecule has 0 aliphatic carbocycles. The average molecular weight is 355 g/mol. The first-order valence-corrected chi connectivity index (χ1v) is 9.58. The van der Waals surface area contributed by atoms with Crippen LogP contribution in [0.25, 0.3) is 0 Å². The standard InChI is InChI=1S/C22H29NO3/c1-2-3-7-21-17-23(16-19-6-4-5-8-22(19)26-21)15-18-9-11-20(12-10-18)25-14-13-24/h4-6,8-12,21,24H,2-3,7,13-17H2,1H3/t21-/m1/s1. The summed E-state index contributed by atoms with van der Waals surface area (Å²) in [5, 5.41) is 8.85. The summed E-state index contributed by atoms with van der Waals surface area (Å²) in [6, 6.07) is 16.5. The molecule has 1 N–H and O–H groups in total. The molecule has 0 fully saturated rings. The molecule has 0 radical (unpaired) electrons. The lowest BCUT2D eigenvalue weighted by atomic mass is 10.1. The lowest BCUT2D eigenvalue weighted by molar-refractivity contribution is 0.133. The molecule has 1 aliphatic rings. The van der Waals surface area contributed by atoms with Gasteiger partial charge in [-0.1, -0.05) is 43.7 Å². The van der Waals surface area contributed by atoms with Crippen molar-refractivity contribution in [3.8, 4) is 11.5 Å². The van der Waals surface area contributed by atoms with E-state index >= 15 is 0 Å². The number of aliphatic hydroxyl groups excluding tert-OH is 1. The minimum atomic E-state index is 0.0358. The molecule has 0 saturated carbocycles. The molecule has 0 saturated heterocycles. The Morgan fingerprint density at radius 1 is 1.15 bits per heavy atom. The van der Waals surface area contributed by atoms with Gasteiger partial charge >= 0.3 is 0 Å². The van der Waals surface area contributed by atoms with Crippen LogP contribution in [0.15, 0.2) is 48.5 Å². The second-order valence-electron chi connectivity index (χ2n) is 6.88. The Morgan fingerprint density at radius 3 is 2.73 bits per heavy atom. The van der Waals surface area contributed by atoms with Crippen molar-refractivity contribution in [1.82, 2.24) is 4.90 Å². The van der Waals surface area contributed by atoms with E-state index in [1.54, 1.807) is 0 Å². The summed E-state index contributed by atoms with van der Waals surface area (Å²) in [6.45, 7) is 5.33. The van der Waals surface area contributed by atoms with Gasteiger partial charge in [0.25, 0.3) is 0 Å². The number of unbranched alkanes of at least 4 members (excludes halogenated alkanes) is 1. The van der Waals surface area contributed by atoms with Crippen LogP contribution in [0.3, 0.4) is 0 Å². The third-order valence-corrected chi connectivity index (χ3v) is 4.69. The Morgan fingerprint density at radius 2 is 1.96 bits per heavy atom. The smallest absolute Gasteiger partial charge is 0.124 e. The number of ether oxygens (including phenoxy) is 2. The number of para-hydroxylation sites is 1. The van der Waals surface area contributed by atoms with Gasteiger partial charge in [-0.25, -0.2) is 0 Å². The van der Waals surface area contributed by atoms with Gasteiger partial charge in [0.2, 0.25) is 0 Å². The van der Waals surface area contributed by atoms with Crippen molar-refractivity contribution in [2.75, 3.05) is 19.8 Å². The number of rotatable bonds is 8. The van der Waals surface area contributed by atoms with E-state index in [0.717, 1.165) is 37.6 Å². The molecule has 0 unspecified atom stereocenters. The number of hydrogen-bond acceptors (Lipinski definition) is 4. The van der Waals surface area contributed by atoms with Crippen LogP contribution in [0.2, 0.25) is 0 Å². The minimum Gasteiger partial charge on any atom is -0.491 e. The number of fused-ring (bicyclic) bond motifs is 1. The summed E-state index contributed by atoms with van der Waals surface area (Å²) in [4.78, 5) is 2.47.